The molecule has 1 rings (SSSR count). The quantitative estimate of drug-likeness (QED) is 0.165. The van der Waals surface area contributed by atoms with Crippen LogP contribution in [0.15, 0.2) is 17.5 Å². The van der Waals surface area contributed by atoms with Gasteiger partial charge in [-0.2, -0.15) is 0 Å². The van der Waals surface area contributed by atoms with Gasteiger partial charge in [-0.15, -0.1) is 0 Å². The van der Waals surface area contributed by atoms with Gasteiger partial charge in [-0.25, -0.2) is 4.57 Å². The number of nitro groups is 1. The van der Waals surface area contributed by atoms with E-state index in [2.05, 4.69) is 10.1 Å². The SMILES string of the molecule is CCOCC(=NO)C(C)C(N)OC(CN)Cn1ccnc1[N+](=O)[O-]. The van der Waals surface area contributed by atoms with Crippen LogP contribution in [0.4, 0.5) is 5.95 Å². The normalized spacial score (nSPS) is 15.9. The third-order valence-corrected chi connectivity index (χ3v) is 3.47. The van der Waals surface area contributed by atoms with E-state index in [1.165, 1.54) is 17.0 Å². The number of rotatable bonds is 11. The van der Waals surface area contributed by atoms with E-state index in [4.69, 9.17) is 26.1 Å². The summed E-state index contributed by atoms with van der Waals surface area (Å²) < 4.78 is 12.2. The van der Waals surface area contributed by atoms with Crippen LogP contribution in [0.25, 0.3) is 0 Å². The standard InChI is InChI=1S/C13H24N6O5/c1-3-23-8-11(17-20)9(2)12(15)24-10(6-14)7-18-5-4-16-13(18)19(21)22/h4-5,9-10,12,20H,3,6-8,14-15H2,1-2H3. The van der Waals surface area contributed by atoms with E-state index in [-0.39, 0.29) is 25.6 Å². The average molecular weight is 344 g/mol. The second-order valence-corrected chi connectivity index (χ2v) is 5.11. The summed E-state index contributed by atoms with van der Waals surface area (Å²) >= 11 is 0. The molecule has 0 aliphatic carbocycles. The van der Waals surface area contributed by atoms with Gasteiger partial charge in [0.1, 0.15) is 24.7 Å². The van der Waals surface area contributed by atoms with Crippen molar-refractivity contribution in [2.45, 2.75) is 32.7 Å². The summed E-state index contributed by atoms with van der Waals surface area (Å²) in [6.07, 6.45) is 1.41. The first-order chi connectivity index (χ1) is 11.4. The molecule has 0 saturated carbocycles. The smallest absolute Gasteiger partial charge is 0.411 e. The summed E-state index contributed by atoms with van der Waals surface area (Å²) in [5.74, 6) is -0.721. The number of nitrogens with zero attached hydrogens (tertiary/aromatic N) is 4. The number of imidazole rings is 1. The number of ether oxygens (including phenoxy) is 2. The molecule has 0 amide bonds. The largest absolute Gasteiger partial charge is 0.434 e. The Hall–Kier alpha value is -2.08. The van der Waals surface area contributed by atoms with Crippen molar-refractivity contribution in [3.63, 3.8) is 0 Å². The van der Waals surface area contributed by atoms with Crippen molar-refractivity contribution in [2.75, 3.05) is 19.8 Å². The van der Waals surface area contributed by atoms with Gasteiger partial charge >= 0.3 is 5.95 Å². The summed E-state index contributed by atoms with van der Waals surface area (Å²) in [6, 6.07) is 0. The number of aromatic nitrogens is 2. The number of hydrogen-bond acceptors (Lipinski definition) is 9. The van der Waals surface area contributed by atoms with Crippen LogP contribution in [0, 0.1) is 16.0 Å². The van der Waals surface area contributed by atoms with Gasteiger partial charge < -0.3 is 36.3 Å². The minimum absolute atomic E-state index is 0.104. The van der Waals surface area contributed by atoms with Crippen LogP contribution in [0.3, 0.4) is 0 Å². The van der Waals surface area contributed by atoms with Crippen LogP contribution in [0.2, 0.25) is 0 Å². The molecule has 11 nitrogen and oxygen atoms in total. The zero-order valence-corrected chi connectivity index (χ0v) is 13.7. The predicted molar refractivity (Wildman–Crippen MR) is 85.7 cm³/mol. The molecule has 3 atom stereocenters. The van der Waals surface area contributed by atoms with Gasteiger partial charge in [-0.3, -0.25) is 0 Å². The zero-order chi connectivity index (χ0) is 18.1. The summed E-state index contributed by atoms with van der Waals surface area (Å²) in [6.45, 7) is 4.38. The lowest BCUT2D eigenvalue weighted by molar-refractivity contribution is -0.397. The maximum atomic E-state index is 10.9. The topological polar surface area (TPSA) is 164 Å². The van der Waals surface area contributed by atoms with Crippen LogP contribution < -0.4 is 11.5 Å². The Kier molecular flexibility index (Phi) is 8.26. The van der Waals surface area contributed by atoms with Gasteiger partial charge in [0.25, 0.3) is 0 Å². The van der Waals surface area contributed by atoms with Crippen molar-refractivity contribution in [3.05, 3.63) is 22.5 Å². The molecule has 1 heterocycles. The van der Waals surface area contributed by atoms with Gasteiger partial charge in [-0.1, -0.05) is 17.1 Å². The average Bonchev–Trinajstić information content (AvgIpc) is 3.02. The Morgan fingerprint density at radius 2 is 2.33 bits per heavy atom. The summed E-state index contributed by atoms with van der Waals surface area (Å²) in [4.78, 5) is 14.0. The van der Waals surface area contributed by atoms with E-state index in [1.807, 2.05) is 6.92 Å². The van der Waals surface area contributed by atoms with Crippen LogP contribution in [-0.4, -0.2) is 57.5 Å². The van der Waals surface area contributed by atoms with Crippen molar-refractivity contribution in [3.8, 4) is 0 Å². The first-order valence-corrected chi connectivity index (χ1v) is 7.49. The monoisotopic (exact) mass is 344 g/mol. The third-order valence-electron chi connectivity index (χ3n) is 3.47. The molecule has 136 valence electrons. The fourth-order valence-electron chi connectivity index (χ4n) is 2.00. The number of oxime groups is 1. The summed E-state index contributed by atoms with van der Waals surface area (Å²) in [7, 11) is 0. The first-order valence-electron chi connectivity index (χ1n) is 7.49. The van der Waals surface area contributed by atoms with Gasteiger partial charge in [0.2, 0.25) is 0 Å². The number of hydrogen-bond donors (Lipinski definition) is 3. The lowest BCUT2D eigenvalue weighted by Gasteiger charge is -2.25. The molecule has 0 spiro atoms. The molecule has 24 heavy (non-hydrogen) atoms. The minimum Gasteiger partial charge on any atom is -0.411 e. The molecule has 0 bridgehead atoms. The molecule has 11 heteroatoms. The van der Waals surface area contributed by atoms with Crippen LogP contribution >= 0.6 is 0 Å². The lowest BCUT2D eigenvalue weighted by atomic mass is 10.0. The highest BCUT2D eigenvalue weighted by molar-refractivity contribution is 5.87. The Morgan fingerprint density at radius 1 is 1.62 bits per heavy atom. The van der Waals surface area contributed by atoms with E-state index in [0.29, 0.717) is 12.3 Å². The van der Waals surface area contributed by atoms with E-state index in [1.54, 1.807) is 6.92 Å². The maximum Gasteiger partial charge on any atom is 0.434 e. The molecule has 3 unspecified atom stereocenters. The number of nitrogens with two attached hydrogens (primary N) is 2. The lowest BCUT2D eigenvalue weighted by Crippen LogP contribution is -2.43. The van der Waals surface area contributed by atoms with Crippen molar-refractivity contribution in [1.29, 1.82) is 0 Å². The minimum atomic E-state index is -0.813. The molecule has 5 N–H and O–H groups in total. The third kappa shape index (κ3) is 5.53. The van der Waals surface area contributed by atoms with Crippen molar-refractivity contribution < 1.29 is 19.6 Å². The Bertz CT molecular complexity index is 549. The molecule has 0 radical (unpaired) electrons. The molecule has 0 aliphatic heterocycles. The molecule has 0 fully saturated rings. The van der Waals surface area contributed by atoms with E-state index in [9.17, 15) is 10.1 Å². The van der Waals surface area contributed by atoms with Crippen LogP contribution in [-0.2, 0) is 16.0 Å². The fraction of sp³-hybridized carbons (Fsp3) is 0.692. The summed E-state index contributed by atoms with van der Waals surface area (Å²) in [5, 5.41) is 23.1. The summed E-state index contributed by atoms with van der Waals surface area (Å²) in [5.41, 5.74) is 12.0. The molecular weight excluding hydrogens is 320 g/mol. The second-order valence-electron chi connectivity index (χ2n) is 5.11. The van der Waals surface area contributed by atoms with Crippen molar-refractivity contribution in [1.82, 2.24) is 9.55 Å². The molecule has 1 aromatic rings. The molecule has 1 aromatic heterocycles. The predicted octanol–water partition coefficient (Wildman–Crippen LogP) is -0.0772. The maximum absolute atomic E-state index is 10.9. The van der Waals surface area contributed by atoms with E-state index >= 15 is 0 Å². The Labute approximate surface area is 139 Å². The zero-order valence-electron chi connectivity index (χ0n) is 13.7. The van der Waals surface area contributed by atoms with Crippen LogP contribution in [0.1, 0.15) is 13.8 Å². The van der Waals surface area contributed by atoms with Crippen LogP contribution in [0.5, 0.6) is 0 Å². The van der Waals surface area contributed by atoms with E-state index < -0.39 is 23.2 Å². The van der Waals surface area contributed by atoms with E-state index in [0.717, 1.165) is 0 Å². The van der Waals surface area contributed by atoms with Crippen molar-refractivity contribution >= 4 is 11.7 Å². The highest BCUT2D eigenvalue weighted by atomic mass is 16.6. The second kappa shape index (κ2) is 9.93. The fourth-order valence-corrected chi connectivity index (χ4v) is 2.00. The highest BCUT2D eigenvalue weighted by Crippen LogP contribution is 2.13. The molecular formula is C13H24N6O5. The van der Waals surface area contributed by atoms with Gasteiger partial charge in [0.15, 0.2) is 0 Å². The van der Waals surface area contributed by atoms with Gasteiger partial charge in [0, 0.05) is 19.1 Å². The molecule has 0 aromatic carbocycles. The molecule has 0 aliphatic rings. The highest BCUT2D eigenvalue weighted by Gasteiger charge is 2.25. The van der Waals surface area contributed by atoms with Gasteiger partial charge in [0.05, 0.1) is 18.9 Å². The van der Waals surface area contributed by atoms with Crippen molar-refractivity contribution in [2.24, 2.45) is 22.5 Å². The first kappa shape index (κ1) is 20.0. The Morgan fingerprint density at radius 3 is 2.88 bits per heavy atom. The van der Waals surface area contributed by atoms with Gasteiger partial charge in [-0.05, 0) is 11.8 Å². The Balaban J connectivity index is 2.69. The molecule has 0 saturated heterocycles.